The van der Waals surface area contributed by atoms with Crippen molar-refractivity contribution in [3.8, 4) is 5.75 Å². The van der Waals surface area contributed by atoms with Crippen LogP contribution in [0.4, 0.5) is 4.39 Å². The summed E-state index contributed by atoms with van der Waals surface area (Å²) >= 11 is 0. The number of rotatable bonds is 12. The van der Waals surface area contributed by atoms with Crippen molar-refractivity contribution in [2.75, 3.05) is 13.2 Å². The average molecular weight is 390 g/mol. The summed E-state index contributed by atoms with van der Waals surface area (Å²) in [7, 11) is 0. The summed E-state index contributed by atoms with van der Waals surface area (Å²) < 4.78 is 18.6. The van der Waals surface area contributed by atoms with E-state index in [0.717, 1.165) is 37.9 Å². The molecule has 0 aliphatic rings. The fourth-order valence-electron chi connectivity index (χ4n) is 3.24. The Morgan fingerprint density at radius 2 is 1.64 bits per heavy atom. The van der Waals surface area contributed by atoms with Crippen molar-refractivity contribution in [1.29, 1.82) is 0 Å². The molecule has 5 heteroatoms. The zero-order valence-electron chi connectivity index (χ0n) is 16.6. The average Bonchev–Trinajstić information content (AvgIpc) is 2.73. The van der Waals surface area contributed by atoms with E-state index >= 15 is 0 Å². The Balaban J connectivity index is 1.67. The number of aliphatic hydroxyl groups excluding tert-OH is 2. The lowest BCUT2D eigenvalue weighted by atomic mass is 9.85. The van der Waals surface area contributed by atoms with E-state index in [4.69, 9.17) is 10.5 Å². The Morgan fingerprint density at radius 3 is 2.25 bits per heavy atom. The molecule has 0 spiro atoms. The molecule has 0 aromatic heterocycles. The highest BCUT2D eigenvalue weighted by molar-refractivity contribution is 5.32. The lowest BCUT2D eigenvalue weighted by molar-refractivity contribution is 0.0384. The van der Waals surface area contributed by atoms with Gasteiger partial charge in [-0.3, -0.25) is 0 Å². The second-order valence-corrected chi connectivity index (χ2v) is 7.29. The third-order valence-corrected chi connectivity index (χ3v) is 5.18. The van der Waals surface area contributed by atoms with Gasteiger partial charge in [-0.05, 0) is 61.1 Å². The van der Waals surface area contributed by atoms with Gasteiger partial charge in [-0.2, -0.15) is 0 Å². The van der Waals surface area contributed by atoms with E-state index in [1.165, 1.54) is 17.7 Å². The molecule has 2 rings (SSSR count). The van der Waals surface area contributed by atoms with Crippen LogP contribution >= 0.6 is 0 Å². The third-order valence-electron chi connectivity index (χ3n) is 5.18. The fourth-order valence-corrected chi connectivity index (χ4v) is 3.24. The number of hydrogen-bond donors (Lipinski definition) is 3. The van der Waals surface area contributed by atoms with Gasteiger partial charge in [0.05, 0.1) is 24.9 Å². The number of unbranched alkanes of at least 4 members (excludes halogenated alkanes) is 3. The number of nitrogens with two attached hydrogens (primary N) is 1. The van der Waals surface area contributed by atoms with Crippen molar-refractivity contribution in [1.82, 2.24) is 0 Å². The van der Waals surface area contributed by atoms with Gasteiger partial charge in [-0.1, -0.05) is 44.0 Å². The van der Waals surface area contributed by atoms with Gasteiger partial charge >= 0.3 is 0 Å². The normalized spacial score (nSPS) is 14.5. The van der Waals surface area contributed by atoms with Crippen molar-refractivity contribution in [3.63, 3.8) is 0 Å². The SMILES string of the molecule is CCC(O)C(N)(CO)c1ccc(OCCCCCCc2ccc(F)cc2)cc1. The van der Waals surface area contributed by atoms with Crippen LogP contribution in [0.1, 0.15) is 50.2 Å². The Bertz CT molecular complexity index is 690. The van der Waals surface area contributed by atoms with Crippen molar-refractivity contribution in [3.05, 3.63) is 65.5 Å². The molecule has 4 N–H and O–H groups in total. The first kappa shape index (κ1) is 22.3. The fraction of sp³-hybridized carbons (Fsp3) is 0.478. The highest BCUT2D eigenvalue weighted by Crippen LogP contribution is 2.26. The first-order chi connectivity index (χ1) is 13.5. The highest BCUT2D eigenvalue weighted by atomic mass is 19.1. The molecule has 154 valence electrons. The third kappa shape index (κ3) is 6.30. The van der Waals surface area contributed by atoms with Crippen LogP contribution in [0.3, 0.4) is 0 Å². The molecular formula is C23H32FNO3. The first-order valence-electron chi connectivity index (χ1n) is 10.0. The van der Waals surface area contributed by atoms with Crippen LogP contribution in [-0.4, -0.2) is 29.5 Å². The molecule has 2 aromatic carbocycles. The van der Waals surface area contributed by atoms with Crippen LogP contribution in [0.15, 0.2) is 48.5 Å². The van der Waals surface area contributed by atoms with Gasteiger partial charge in [-0.25, -0.2) is 4.39 Å². The Kier molecular flexibility index (Phi) is 8.90. The molecular weight excluding hydrogens is 357 g/mol. The summed E-state index contributed by atoms with van der Waals surface area (Å²) in [6.07, 6.45) is 4.88. The predicted octanol–water partition coefficient (Wildman–Crippen LogP) is 3.92. The van der Waals surface area contributed by atoms with E-state index in [-0.39, 0.29) is 12.4 Å². The van der Waals surface area contributed by atoms with Crippen LogP contribution < -0.4 is 10.5 Å². The molecule has 0 aliphatic carbocycles. The number of benzene rings is 2. The van der Waals surface area contributed by atoms with Gasteiger partial charge in [0.25, 0.3) is 0 Å². The van der Waals surface area contributed by atoms with Crippen LogP contribution in [0.5, 0.6) is 5.75 Å². The molecule has 2 atom stereocenters. The number of halogens is 1. The second-order valence-electron chi connectivity index (χ2n) is 7.29. The van der Waals surface area contributed by atoms with E-state index in [0.29, 0.717) is 18.6 Å². The lowest BCUT2D eigenvalue weighted by Gasteiger charge is -2.32. The molecule has 2 unspecified atom stereocenters. The molecule has 0 radical (unpaired) electrons. The van der Waals surface area contributed by atoms with Crippen LogP contribution in [0.2, 0.25) is 0 Å². The van der Waals surface area contributed by atoms with Crippen molar-refractivity contribution >= 4 is 0 Å². The van der Waals surface area contributed by atoms with Crippen molar-refractivity contribution in [2.45, 2.75) is 57.1 Å². The van der Waals surface area contributed by atoms with E-state index < -0.39 is 11.6 Å². The first-order valence-corrected chi connectivity index (χ1v) is 10.0. The van der Waals surface area contributed by atoms with Gasteiger partial charge in [0.1, 0.15) is 11.6 Å². The molecule has 0 saturated heterocycles. The van der Waals surface area contributed by atoms with Crippen molar-refractivity contribution < 1.29 is 19.3 Å². The zero-order valence-corrected chi connectivity index (χ0v) is 16.6. The van der Waals surface area contributed by atoms with Crippen LogP contribution in [-0.2, 0) is 12.0 Å². The van der Waals surface area contributed by atoms with Gasteiger partial charge in [0, 0.05) is 0 Å². The summed E-state index contributed by atoms with van der Waals surface area (Å²) in [5, 5.41) is 19.7. The smallest absolute Gasteiger partial charge is 0.123 e. The lowest BCUT2D eigenvalue weighted by Crippen LogP contribution is -2.50. The summed E-state index contributed by atoms with van der Waals surface area (Å²) in [4.78, 5) is 0. The van der Waals surface area contributed by atoms with E-state index in [9.17, 15) is 14.6 Å². The Morgan fingerprint density at radius 1 is 1.00 bits per heavy atom. The molecule has 0 amide bonds. The quantitative estimate of drug-likeness (QED) is 0.481. The van der Waals surface area contributed by atoms with Crippen molar-refractivity contribution in [2.24, 2.45) is 5.73 Å². The summed E-state index contributed by atoms with van der Waals surface area (Å²) in [6.45, 7) is 2.15. The number of aryl methyl sites for hydroxylation is 1. The molecule has 4 nitrogen and oxygen atoms in total. The predicted molar refractivity (Wildman–Crippen MR) is 110 cm³/mol. The van der Waals surface area contributed by atoms with Gasteiger partial charge < -0.3 is 20.7 Å². The molecule has 0 aliphatic heterocycles. The Labute approximate surface area is 167 Å². The molecule has 0 bridgehead atoms. The molecule has 0 fully saturated rings. The second kappa shape index (κ2) is 11.1. The summed E-state index contributed by atoms with van der Waals surface area (Å²) in [5.41, 5.74) is 6.89. The van der Waals surface area contributed by atoms with Crippen LogP contribution in [0, 0.1) is 5.82 Å². The standard InChI is InChI=1S/C23H32FNO3/c1-2-22(27)23(25,17-26)19-10-14-21(15-11-19)28-16-6-4-3-5-7-18-8-12-20(24)13-9-18/h8-15,22,26-27H,2-7,16-17,25H2,1H3. The molecule has 28 heavy (non-hydrogen) atoms. The minimum atomic E-state index is -1.15. The van der Waals surface area contributed by atoms with Gasteiger partial charge in [0.2, 0.25) is 0 Å². The van der Waals surface area contributed by atoms with E-state index in [2.05, 4.69) is 0 Å². The molecule has 0 heterocycles. The monoisotopic (exact) mass is 389 g/mol. The van der Waals surface area contributed by atoms with Gasteiger partial charge in [-0.15, -0.1) is 0 Å². The molecule has 0 saturated carbocycles. The maximum absolute atomic E-state index is 12.9. The number of aliphatic hydroxyl groups is 2. The van der Waals surface area contributed by atoms with Gasteiger partial charge in [0.15, 0.2) is 0 Å². The minimum absolute atomic E-state index is 0.191. The summed E-state index contributed by atoms with van der Waals surface area (Å²) in [5.74, 6) is 0.560. The van der Waals surface area contributed by atoms with E-state index in [1.807, 2.05) is 31.2 Å². The maximum atomic E-state index is 12.9. The highest BCUT2D eigenvalue weighted by Gasteiger charge is 2.33. The number of hydrogen-bond acceptors (Lipinski definition) is 4. The maximum Gasteiger partial charge on any atom is 0.123 e. The minimum Gasteiger partial charge on any atom is -0.494 e. The largest absolute Gasteiger partial charge is 0.494 e. The topological polar surface area (TPSA) is 75.7 Å². The van der Waals surface area contributed by atoms with E-state index in [1.54, 1.807) is 12.1 Å². The zero-order chi connectivity index (χ0) is 20.4. The molecule has 2 aromatic rings. The number of ether oxygens (including phenoxy) is 1. The van der Waals surface area contributed by atoms with Crippen LogP contribution in [0.25, 0.3) is 0 Å². The summed E-state index contributed by atoms with van der Waals surface area (Å²) in [6, 6.07) is 13.9. The Hall–Kier alpha value is -1.95.